The molecule has 3 aliphatic rings. The summed E-state index contributed by atoms with van der Waals surface area (Å²) >= 11 is 0. The summed E-state index contributed by atoms with van der Waals surface area (Å²) in [5, 5.41) is 6.79. The van der Waals surface area contributed by atoms with E-state index in [1.807, 2.05) is 0 Å². The van der Waals surface area contributed by atoms with Crippen LogP contribution in [0.1, 0.15) is 69.4 Å². The molecule has 1 amide bonds. The average Bonchev–Trinajstić information content (AvgIpc) is 3.01. The summed E-state index contributed by atoms with van der Waals surface area (Å²) in [6.07, 6.45) is 9.65. The van der Waals surface area contributed by atoms with E-state index in [0.717, 1.165) is 6.54 Å². The SMILES string of the molecule is CC1CCCCN1Cc1ccc(CNC(=O)CC2CC3CCC(C2)N3)cc1. The minimum Gasteiger partial charge on any atom is -0.352 e. The monoisotopic (exact) mass is 369 g/mol. The fraction of sp³-hybridized carbons (Fsp3) is 0.696. The molecule has 0 aromatic heterocycles. The van der Waals surface area contributed by atoms with E-state index in [-0.39, 0.29) is 5.91 Å². The van der Waals surface area contributed by atoms with Gasteiger partial charge in [0.15, 0.2) is 0 Å². The van der Waals surface area contributed by atoms with E-state index in [2.05, 4.69) is 46.7 Å². The summed E-state index contributed by atoms with van der Waals surface area (Å²) in [4.78, 5) is 14.9. The second-order valence-electron chi connectivity index (χ2n) is 9.09. The van der Waals surface area contributed by atoms with Crippen LogP contribution in [0.25, 0.3) is 0 Å². The highest BCUT2D eigenvalue weighted by molar-refractivity contribution is 5.76. The van der Waals surface area contributed by atoms with Gasteiger partial charge in [0.05, 0.1) is 0 Å². The molecule has 1 aromatic rings. The summed E-state index contributed by atoms with van der Waals surface area (Å²) in [5.41, 5.74) is 2.58. The smallest absolute Gasteiger partial charge is 0.220 e. The highest BCUT2D eigenvalue weighted by Gasteiger charge is 2.34. The van der Waals surface area contributed by atoms with E-state index >= 15 is 0 Å². The van der Waals surface area contributed by atoms with Crippen molar-refractivity contribution in [1.82, 2.24) is 15.5 Å². The van der Waals surface area contributed by atoms with Crippen molar-refractivity contribution in [1.29, 1.82) is 0 Å². The van der Waals surface area contributed by atoms with Crippen molar-refractivity contribution in [2.24, 2.45) is 5.92 Å². The topological polar surface area (TPSA) is 44.4 Å². The molecule has 3 unspecified atom stereocenters. The van der Waals surface area contributed by atoms with Crippen LogP contribution in [0.15, 0.2) is 24.3 Å². The van der Waals surface area contributed by atoms with Crippen LogP contribution in [-0.4, -0.2) is 35.5 Å². The van der Waals surface area contributed by atoms with E-state index in [1.165, 1.54) is 62.6 Å². The quantitative estimate of drug-likeness (QED) is 0.805. The molecule has 4 heteroatoms. The van der Waals surface area contributed by atoms with Gasteiger partial charge >= 0.3 is 0 Å². The number of hydrogen-bond donors (Lipinski definition) is 2. The highest BCUT2D eigenvalue weighted by atomic mass is 16.1. The van der Waals surface area contributed by atoms with Crippen LogP contribution in [0, 0.1) is 5.92 Å². The van der Waals surface area contributed by atoms with Crippen molar-refractivity contribution in [3.63, 3.8) is 0 Å². The maximum absolute atomic E-state index is 12.3. The first-order valence-corrected chi connectivity index (χ1v) is 11.0. The molecule has 0 aliphatic carbocycles. The fourth-order valence-corrected chi connectivity index (χ4v) is 5.27. The Morgan fingerprint density at radius 3 is 2.48 bits per heavy atom. The first kappa shape index (κ1) is 18.9. The van der Waals surface area contributed by atoms with E-state index in [0.29, 0.717) is 37.0 Å². The summed E-state index contributed by atoms with van der Waals surface area (Å²) in [6, 6.07) is 10.8. The Labute approximate surface area is 164 Å². The van der Waals surface area contributed by atoms with Gasteiger partial charge in [0.2, 0.25) is 5.91 Å². The predicted octanol–water partition coefficient (Wildman–Crippen LogP) is 3.60. The van der Waals surface area contributed by atoms with Crippen molar-refractivity contribution in [2.75, 3.05) is 6.54 Å². The Kier molecular flexibility index (Phi) is 6.14. The number of benzene rings is 1. The molecule has 0 radical (unpaired) electrons. The van der Waals surface area contributed by atoms with Gasteiger partial charge in [0.25, 0.3) is 0 Å². The first-order valence-electron chi connectivity index (χ1n) is 11.0. The van der Waals surface area contributed by atoms with E-state index in [1.54, 1.807) is 0 Å². The Hall–Kier alpha value is -1.39. The van der Waals surface area contributed by atoms with Crippen LogP contribution in [0.5, 0.6) is 0 Å². The van der Waals surface area contributed by atoms with Gasteiger partial charge in [0, 0.05) is 37.6 Å². The Morgan fingerprint density at radius 2 is 1.78 bits per heavy atom. The van der Waals surface area contributed by atoms with E-state index in [4.69, 9.17) is 0 Å². The number of amides is 1. The second kappa shape index (κ2) is 8.74. The second-order valence-corrected chi connectivity index (χ2v) is 9.09. The lowest BCUT2D eigenvalue weighted by atomic mass is 9.89. The number of nitrogens with zero attached hydrogens (tertiary/aromatic N) is 1. The molecule has 148 valence electrons. The molecule has 3 fully saturated rings. The summed E-state index contributed by atoms with van der Waals surface area (Å²) in [5.74, 6) is 0.783. The van der Waals surface area contributed by atoms with Crippen molar-refractivity contribution in [3.05, 3.63) is 35.4 Å². The van der Waals surface area contributed by atoms with Gasteiger partial charge < -0.3 is 10.6 Å². The molecule has 2 N–H and O–H groups in total. The van der Waals surface area contributed by atoms with Gasteiger partial charge in [0.1, 0.15) is 0 Å². The standard InChI is InChI=1S/C23H35N3O/c1-17-4-2-3-11-26(17)16-19-7-5-18(6-8-19)15-24-23(27)14-20-12-21-9-10-22(13-20)25-21/h5-8,17,20-22,25H,2-4,9-16H2,1H3,(H,24,27). The number of fused-ring (bicyclic) bond motifs is 2. The third-order valence-corrected chi connectivity index (χ3v) is 6.88. The van der Waals surface area contributed by atoms with Gasteiger partial charge in [-0.15, -0.1) is 0 Å². The molecule has 27 heavy (non-hydrogen) atoms. The Balaban J connectivity index is 1.21. The molecule has 1 aromatic carbocycles. The third-order valence-electron chi connectivity index (χ3n) is 6.88. The maximum atomic E-state index is 12.3. The lowest BCUT2D eigenvalue weighted by molar-refractivity contribution is -0.122. The number of rotatable bonds is 6. The number of likely N-dealkylation sites (tertiary alicyclic amines) is 1. The van der Waals surface area contributed by atoms with Crippen LogP contribution in [0.2, 0.25) is 0 Å². The lowest BCUT2D eigenvalue weighted by Gasteiger charge is -2.33. The van der Waals surface area contributed by atoms with Gasteiger partial charge in [-0.1, -0.05) is 30.7 Å². The molecule has 3 heterocycles. The lowest BCUT2D eigenvalue weighted by Crippen LogP contribution is -2.39. The van der Waals surface area contributed by atoms with E-state index in [9.17, 15) is 4.79 Å². The van der Waals surface area contributed by atoms with Gasteiger partial charge in [-0.2, -0.15) is 0 Å². The number of hydrogen-bond acceptors (Lipinski definition) is 3. The Bertz CT molecular complexity index is 617. The molecule has 3 aliphatic heterocycles. The van der Waals surface area contributed by atoms with Gasteiger partial charge in [-0.05, 0) is 69.0 Å². The molecular weight excluding hydrogens is 334 g/mol. The van der Waals surface area contributed by atoms with Crippen LogP contribution in [-0.2, 0) is 17.9 Å². The largest absolute Gasteiger partial charge is 0.352 e. The minimum absolute atomic E-state index is 0.215. The number of nitrogens with one attached hydrogen (secondary N) is 2. The minimum atomic E-state index is 0.215. The summed E-state index contributed by atoms with van der Waals surface area (Å²) in [7, 11) is 0. The van der Waals surface area contributed by atoms with Gasteiger partial charge in [-0.25, -0.2) is 0 Å². The van der Waals surface area contributed by atoms with Gasteiger partial charge in [-0.3, -0.25) is 9.69 Å². The van der Waals surface area contributed by atoms with Crippen molar-refractivity contribution in [2.45, 2.75) is 89.5 Å². The zero-order valence-electron chi connectivity index (χ0n) is 16.8. The number of piperidine rings is 2. The normalized spacial score (nSPS) is 31.0. The molecule has 0 saturated carbocycles. The fourth-order valence-electron chi connectivity index (χ4n) is 5.27. The van der Waals surface area contributed by atoms with Crippen LogP contribution in [0.3, 0.4) is 0 Å². The van der Waals surface area contributed by atoms with Crippen molar-refractivity contribution in [3.8, 4) is 0 Å². The zero-order chi connectivity index (χ0) is 18.6. The first-order chi connectivity index (χ1) is 13.2. The van der Waals surface area contributed by atoms with Crippen LogP contribution >= 0.6 is 0 Å². The molecule has 2 bridgehead atoms. The molecular formula is C23H35N3O. The van der Waals surface area contributed by atoms with Crippen LogP contribution < -0.4 is 10.6 Å². The zero-order valence-corrected chi connectivity index (χ0v) is 16.8. The third kappa shape index (κ3) is 5.11. The van der Waals surface area contributed by atoms with Crippen molar-refractivity contribution < 1.29 is 4.79 Å². The maximum Gasteiger partial charge on any atom is 0.220 e. The predicted molar refractivity (Wildman–Crippen MR) is 109 cm³/mol. The molecule has 3 saturated heterocycles. The number of carbonyl (C=O) groups excluding carboxylic acids is 1. The molecule has 0 spiro atoms. The average molecular weight is 370 g/mol. The van der Waals surface area contributed by atoms with Crippen molar-refractivity contribution >= 4 is 5.91 Å². The van der Waals surface area contributed by atoms with Crippen LogP contribution in [0.4, 0.5) is 0 Å². The molecule has 4 nitrogen and oxygen atoms in total. The number of carbonyl (C=O) groups is 1. The molecule has 3 atom stereocenters. The molecule has 4 rings (SSSR count). The highest BCUT2D eigenvalue weighted by Crippen LogP contribution is 2.32. The summed E-state index contributed by atoms with van der Waals surface area (Å²) in [6.45, 7) is 5.26. The Morgan fingerprint density at radius 1 is 1.07 bits per heavy atom. The van der Waals surface area contributed by atoms with E-state index < -0.39 is 0 Å². The summed E-state index contributed by atoms with van der Waals surface area (Å²) < 4.78 is 0.